The van der Waals surface area contributed by atoms with Gasteiger partial charge in [0, 0.05) is 0 Å². The summed E-state index contributed by atoms with van der Waals surface area (Å²) in [6.45, 7) is 1.63. The molecule has 1 aromatic carbocycles. The molecule has 1 heterocycles. The number of benzene rings is 1. The van der Waals surface area contributed by atoms with Gasteiger partial charge in [0.05, 0.1) is 11.3 Å². The van der Waals surface area contributed by atoms with Crippen LogP contribution in [0.15, 0.2) is 30.3 Å². The van der Waals surface area contributed by atoms with Crippen molar-refractivity contribution in [2.24, 2.45) is 0 Å². The monoisotopic (exact) mass is 304 g/mol. The Morgan fingerprint density at radius 3 is 2.50 bits per heavy atom. The smallest absolute Gasteiger partial charge is 0.338 e. The zero-order chi connectivity index (χ0) is 14.9. The minimum absolute atomic E-state index is 0.0652. The second kappa shape index (κ2) is 5.28. The number of aromatic nitrogens is 1. The van der Waals surface area contributed by atoms with E-state index in [1.807, 2.05) is 0 Å². The van der Waals surface area contributed by atoms with Crippen molar-refractivity contribution in [3.8, 4) is 0 Å². The van der Waals surface area contributed by atoms with Crippen LogP contribution >= 0.6 is 11.6 Å². The summed E-state index contributed by atoms with van der Waals surface area (Å²) in [5.74, 6) is -0.752. The minimum Gasteiger partial charge on any atom is -0.338 e. The van der Waals surface area contributed by atoms with E-state index in [0.717, 1.165) is 6.07 Å². The lowest BCUT2D eigenvalue weighted by Crippen LogP contribution is -2.07. The average Bonchev–Trinajstić information content (AvgIpc) is 2.32. The van der Waals surface area contributed by atoms with Crippen LogP contribution in [0.2, 0.25) is 5.15 Å². The number of pyridine rings is 1. The molecule has 106 valence electrons. The van der Waals surface area contributed by atoms with Gasteiger partial charge >= 0.3 is 6.18 Å². The largest absolute Gasteiger partial charge is 0.416 e. The maximum absolute atomic E-state index is 13.6. The van der Waals surface area contributed by atoms with Crippen LogP contribution in [0.1, 0.15) is 11.1 Å². The molecular formula is C13H9ClF4N2. The van der Waals surface area contributed by atoms with Gasteiger partial charge < -0.3 is 5.32 Å². The molecule has 0 bridgehead atoms. The Bertz CT molecular complexity index is 621. The molecule has 2 rings (SSSR count). The van der Waals surface area contributed by atoms with Crippen LogP contribution in [-0.4, -0.2) is 4.98 Å². The number of hydrogen-bond acceptors (Lipinski definition) is 2. The van der Waals surface area contributed by atoms with Crippen LogP contribution in [0.3, 0.4) is 0 Å². The molecule has 0 aliphatic carbocycles. The van der Waals surface area contributed by atoms with Crippen LogP contribution in [0.5, 0.6) is 0 Å². The maximum Gasteiger partial charge on any atom is 0.416 e. The molecule has 0 fully saturated rings. The van der Waals surface area contributed by atoms with Crippen molar-refractivity contribution in [1.82, 2.24) is 4.98 Å². The zero-order valence-electron chi connectivity index (χ0n) is 10.2. The number of hydrogen-bond donors (Lipinski definition) is 1. The van der Waals surface area contributed by atoms with Crippen molar-refractivity contribution < 1.29 is 17.6 Å². The summed E-state index contributed by atoms with van der Waals surface area (Å²) in [7, 11) is 0. The van der Waals surface area contributed by atoms with Crippen LogP contribution in [0.25, 0.3) is 0 Å². The van der Waals surface area contributed by atoms with E-state index in [1.54, 1.807) is 13.0 Å². The molecule has 0 aliphatic heterocycles. The van der Waals surface area contributed by atoms with E-state index in [-0.39, 0.29) is 16.7 Å². The molecule has 0 aliphatic rings. The third-order valence-corrected chi connectivity index (χ3v) is 2.79. The fourth-order valence-electron chi connectivity index (χ4n) is 1.64. The molecule has 0 spiro atoms. The fourth-order valence-corrected chi connectivity index (χ4v) is 1.85. The molecule has 0 atom stereocenters. The summed E-state index contributed by atoms with van der Waals surface area (Å²) in [6.07, 6.45) is -4.55. The quantitative estimate of drug-likeness (QED) is 0.627. The minimum atomic E-state index is -4.55. The Kier molecular flexibility index (Phi) is 3.85. The van der Waals surface area contributed by atoms with Gasteiger partial charge in [-0.3, -0.25) is 0 Å². The summed E-state index contributed by atoms with van der Waals surface area (Å²) in [4.78, 5) is 3.71. The molecule has 0 amide bonds. The molecule has 7 heteroatoms. The van der Waals surface area contributed by atoms with Crippen LogP contribution in [-0.2, 0) is 6.18 Å². The van der Waals surface area contributed by atoms with Gasteiger partial charge in [-0.2, -0.15) is 13.2 Å². The van der Waals surface area contributed by atoms with Gasteiger partial charge in [0.25, 0.3) is 0 Å². The maximum atomic E-state index is 13.6. The van der Waals surface area contributed by atoms with Gasteiger partial charge in [0.15, 0.2) is 0 Å². The number of aryl methyl sites for hydroxylation is 1. The third-order valence-electron chi connectivity index (χ3n) is 2.60. The number of nitrogens with zero attached hydrogens (tertiary/aromatic N) is 1. The molecule has 0 saturated carbocycles. The molecule has 20 heavy (non-hydrogen) atoms. The highest BCUT2D eigenvalue weighted by Crippen LogP contribution is 2.33. The summed E-state index contributed by atoms with van der Waals surface area (Å²) in [5.41, 5.74) is -0.343. The van der Waals surface area contributed by atoms with Gasteiger partial charge in [-0.25, -0.2) is 9.37 Å². The van der Waals surface area contributed by atoms with Crippen molar-refractivity contribution in [3.05, 3.63) is 52.4 Å². The first-order valence-electron chi connectivity index (χ1n) is 5.54. The van der Waals surface area contributed by atoms with Crippen LogP contribution < -0.4 is 5.32 Å². The van der Waals surface area contributed by atoms with E-state index in [0.29, 0.717) is 11.6 Å². The highest BCUT2D eigenvalue weighted by molar-refractivity contribution is 6.29. The highest BCUT2D eigenvalue weighted by atomic mass is 35.5. The topological polar surface area (TPSA) is 24.9 Å². The molecule has 0 radical (unpaired) electrons. The summed E-state index contributed by atoms with van der Waals surface area (Å²) in [5, 5.41) is 2.20. The van der Waals surface area contributed by atoms with E-state index in [9.17, 15) is 17.6 Å². The molecular weight excluding hydrogens is 296 g/mol. The van der Waals surface area contributed by atoms with E-state index in [1.165, 1.54) is 12.1 Å². The predicted octanol–water partition coefficient (Wildman–Crippen LogP) is 4.94. The van der Waals surface area contributed by atoms with E-state index < -0.39 is 17.6 Å². The van der Waals surface area contributed by atoms with E-state index in [4.69, 9.17) is 11.6 Å². The third kappa shape index (κ3) is 3.19. The lowest BCUT2D eigenvalue weighted by molar-refractivity contribution is -0.137. The van der Waals surface area contributed by atoms with Gasteiger partial charge in [-0.15, -0.1) is 0 Å². The van der Waals surface area contributed by atoms with Crippen LogP contribution in [0, 0.1) is 12.7 Å². The number of nitrogens with one attached hydrogen (secondary N) is 1. The van der Waals surface area contributed by atoms with Crippen molar-refractivity contribution in [3.63, 3.8) is 0 Å². The van der Waals surface area contributed by atoms with Crippen molar-refractivity contribution in [2.75, 3.05) is 5.32 Å². The Morgan fingerprint density at radius 2 is 1.90 bits per heavy atom. The Hall–Kier alpha value is -1.82. The van der Waals surface area contributed by atoms with E-state index in [2.05, 4.69) is 10.3 Å². The number of halogens is 5. The summed E-state index contributed by atoms with van der Waals surface area (Å²) in [6, 6.07) is 5.81. The first-order valence-corrected chi connectivity index (χ1v) is 5.92. The van der Waals surface area contributed by atoms with Crippen molar-refractivity contribution in [2.45, 2.75) is 13.1 Å². The Morgan fingerprint density at radius 1 is 1.20 bits per heavy atom. The Labute approximate surface area is 117 Å². The number of alkyl halides is 3. The van der Waals surface area contributed by atoms with Crippen molar-refractivity contribution in [1.29, 1.82) is 0 Å². The lowest BCUT2D eigenvalue weighted by atomic mass is 10.2. The van der Waals surface area contributed by atoms with Crippen molar-refractivity contribution >= 4 is 23.1 Å². The molecule has 1 aromatic heterocycles. The molecule has 0 unspecified atom stereocenters. The van der Waals surface area contributed by atoms with Gasteiger partial charge in [0.2, 0.25) is 0 Å². The molecule has 2 nitrogen and oxygen atoms in total. The molecule has 0 saturated heterocycles. The fraction of sp³-hybridized carbons (Fsp3) is 0.154. The number of para-hydroxylation sites is 1. The first kappa shape index (κ1) is 14.6. The number of rotatable bonds is 2. The normalized spacial score (nSPS) is 11.5. The summed E-state index contributed by atoms with van der Waals surface area (Å²) < 4.78 is 51.6. The van der Waals surface area contributed by atoms with E-state index >= 15 is 0 Å². The van der Waals surface area contributed by atoms with Crippen LogP contribution in [0.4, 0.5) is 29.1 Å². The SMILES string of the molecule is Cc1cccc(F)c1Nc1cc(C(F)(F)F)cc(Cl)n1. The number of anilines is 2. The summed E-state index contributed by atoms with van der Waals surface area (Å²) >= 11 is 5.56. The Balaban J connectivity index is 2.42. The van der Waals surface area contributed by atoms with Gasteiger partial charge in [-0.1, -0.05) is 23.7 Å². The first-order chi connectivity index (χ1) is 9.27. The second-order valence-electron chi connectivity index (χ2n) is 4.12. The van der Waals surface area contributed by atoms with Gasteiger partial charge in [0.1, 0.15) is 16.8 Å². The lowest BCUT2D eigenvalue weighted by Gasteiger charge is -2.12. The predicted molar refractivity (Wildman–Crippen MR) is 68.7 cm³/mol. The molecule has 1 N–H and O–H groups in total. The highest BCUT2D eigenvalue weighted by Gasteiger charge is 2.31. The molecule has 2 aromatic rings. The standard InChI is InChI=1S/C13H9ClF4N2/c1-7-3-2-4-9(15)12(7)20-11-6-8(13(16,17)18)5-10(14)19-11/h2-6H,1H3,(H,19,20). The van der Waals surface area contributed by atoms with Gasteiger partial charge in [-0.05, 0) is 30.7 Å². The second-order valence-corrected chi connectivity index (χ2v) is 4.51. The zero-order valence-corrected chi connectivity index (χ0v) is 11.0. The average molecular weight is 305 g/mol.